The summed E-state index contributed by atoms with van der Waals surface area (Å²) in [6, 6.07) is 17.7. The third kappa shape index (κ3) is 4.10. The van der Waals surface area contributed by atoms with Crippen molar-refractivity contribution >= 4 is 44.7 Å². The van der Waals surface area contributed by atoms with E-state index in [1.807, 2.05) is 43.3 Å². The van der Waals surface area contributed by atoms with Crippen molar-refractivity contribution in [2.45, 2.75) is 13.8 Å². The molecule has 2 heterocycles. The maximum absolute atomic E-state index is 13.0. The predicted octanol–water partition coefficient (Wildman–Crippen LogP) is 6.74. The van der Waals surface area contributed by atoms with Crippen molar-refractivity contribution in [1.82, 2.24) is 0 Å². The first-order valence-corrected chi connectivity index (χ1v) is 11.4. The first-order chi connectivity index (χ1) is 16.4. The summed E-state index contributed by atoms with van der Waals surface area (Å²) in [5.41, 5.74) is 2.39. The second-order valence-electron chi connectivity index (χ2n) is 7.71. The van der Waals surface area contributed by atoms with E-state index in [1.165, 1.54) is 6.07 Å². The van der Waals surface area contributed by atoms with Gasteiger partial charge in [0.2, 0.25) is 11.5 Å². The van der Waals surface area contributed by atoms with Gasteiger partial charge in [0.1, 0.15) is 22.8 Å². The quantitative estimate of drug-likeness (QED) is 0.165. The van der Waals surface area contributed by atoms with E-state index < -0.39 is 5.97 Å². The van der Waals surface area contributed by atoms with Crippen LogP contribution in [0.5, 0.6) is 17.2 Å². The molecule has 0 bridgehead atoms. The highest BCUT2D eigenvalue weighted by molar-refractivity contribution is 9.10. The molecule has 5 rings (SSSR count). The summed E-state index contributed by atoms with van der Waals surface area (Å²) in [4.78, 5) is 25.7. The largest absolute Gasteiger partial charge is 0.493 e. The van der Waals surface area contributed by atoms with E-state index in [4.69, 9.17) is 18.6 Å². The van der Waals surface area contributed by atoms with Gasteiger partial charge in [-0.05, 0) is 61.9 Å². The number of carbonyl (C=O) groups excluding carboxylic acids is 2. The minimum absolute atomic E-state index is 0.0800. The van der Waals surface area contributed by atoms with Crippen molar-refractivity contribution in [2.24, 2.45) is 0 Å². The second kappa shape index (κ2) is 8.83. The molecule has 0 atom stereocenters. The normalized spacial score (nSPS) is 13.7. The minimum atomic E-state index is -0.641. The zero-order chi connectivity index (χ0) is 23.8. The van der Waals surface area contributed by atoms with Crippen LogP contribution in [0.3, 0.4) is 0 Å². The lowest BCUT2D eigenvalue weighted by molar-refractivity contribution is 0.0703. The number of hydrogen-bond acceptors (Lipinski definition) is 6. The van der Waals surface area contributed by atoms with E-state index >= 15 is 0 Å². The van der Waals surface area contributed by atoms with Crippen molar-refractivity contribution in [3.8, 4) is 17.2 Å². The summed E-state index contributed by atoms with van der Waals surface area (Å²) < 4.78 is 23.5. The van der Waals surface area contributed by atoms with Crippen LogP contribution in [0.2, 0.25) is 0 Å². The van der Waals surface area contributed by atoms with Crippen LogP contribution >= 0.6 is 15.9 Å². The maximum atomic E-state index is 13.0. The third-order valence-electron chi connectivity index (χ3n) is 5.34. The number of allylic oxidation sites excluding steroid dienone is 1. The molecule has 0 saturated carbocycles. The van der Waals surface area contributed by atoms with Gasteiger partial charge < -0.3 is 18.6 Å². The fourth-order valence-electron chi connectivity index (χ4n) is 3.84. The van der Waals surface area contributed by atoms with E-state index in [0.29, 0.717) is 34.8 Å². The molecule has 34 heavy (non-hydrogen) atoms. The number of furan rings is 1. The van der Waals surface area contributed by atoms with Gasteiger partial charge in [0.15, 0.2) is 5.76 Å². The average molecular weight is 519 g/mol. The van der Waals surface area contributed by atoms with Gasteiger partial charge in [0, 0.05) is 21.5 Å². The van der Waals surface area contributed by atoms with Crippen molar-refractivity contribution in [3.05, 3.63) is 93.3 Å². The molecule has 170 valence electrons. The van der Waals surface area contributed by atoms with Crippen LogP contribution in [0, 0.1) is 6.92 Å². The first-order valence-electron chi connectivity index (χ1n) is 10.6. The van der Waals surface area contributed by atoms with E-state index in [0.717, 1.165) is 15.4 Å². The van der Waals surface area contributed by atoms with Gasteiger partial charge in [0.05, 0.1) is 12.2 Å². The number of benzene rings is 3. The molecule has 1 aromatic heterocycles. The molecule has 0 radical (unpaired) electrons. The monoisotopic (exact) mass is 518 g/mol. The van der Waals surface area contributed by atoms with Gasteiger partial charge in [-0.3, -0.25) is 4.79 Å². The fourth-order valence-corrected chi connectivity index (χ4v) is 4.22. The third-order valence-corrected chi connectivity index (χ3v) is 5.83. The number of fused-ring (bicyclic) bond motifs is 2. The van der Waals surface area contributed by atoms with E-state index in [9.17, 15) is 9.59 Å². The molecule has 0 fully saturated rings. The Morgan fingerprint density at radius 1 is 1.09 bits per heavy atom. The molecule has 0 unspecified atom stereocenters. The number of rotatable bonds is 5. The lowest BCUT2D eigenvalue weighted by atomic mass is 10.0. The predicted molar refractivity (Wildman–Crippen MR) is 131 cm³/mol. The number of halogens is 1. The molecule has 7 heteroatoms. The molecule has 0 saturated heterocycles. The number of ketones is 1. The van der Waals surface area contributed by atoms with Crippen molar-refractivity contribution in [3.63, 3.8) is 0 Å². The van der Waals surface area contributed by atoms with Gasteiger partial charge in [0.25, 0.3) is 0 Å². The van der Waals surface area contributed by atoms with Gasteiger partial charge in [-0.2, -0.15) is 0 Å². The Balaban J connectivity index is 1.41. The highest BCUT2D eigenvalue weighted by atomic mass is 79.9. The minimum Gasteiger partial charge on any atom is -0.493 e. The first kappa shape index (κ1) is 22.0. The Labute approximate surface area is 203 Å². The number of esters is 1. The van der Waals surface area contributed by atoms with E-state index in [-0.39, 0.29) is 23.1 Å². The Morgan fingerprint density at radius 3 is 2.74 bits per heavy atom. The number of ether oxygens (including phenoxy) is 3. The molecule has 1 aliphatic heterocycles. The number of aryl methyl sites for hydroxylation is 1. The van der Waals surface area contributed by atoms with Crippen LogP contribution in [0.15, 0.2) is 75.3 Å². The number of para-hydroxylation sites is 1. The van der Waals surface area contributed by atoms with Crippen LogP contribution in [0.1, 0.15) is 39.0 Å². The average Bonchev–Trinajstić information content (AvgIpc) is 3.36. The topological polar surface area (TPSA) is 75.0 Å². The zero-order valence-corrected chi connectivity index (χ0v) is 20.0. The van der Waals surface area contributed by atoms with Gasteiger partial charge in [-0.15, -0.1) is 0 Å². The van der Waals surface area contributed by atoms with Crippen molar-refractivity contribution < 1.29 is 28.2 Å². The second-order valence-corrected chi connectivity index (χ2v) is 8.62. The molecule has 0 N–H and O–H groups in total. The summed E-state index contributed by atoms with van der Waals surface area (Å²) >= 11 is 3.40. The molecule has 3 aromatic carbocycles. The Bertz CT molecular complexity index is 1480. The van der Waals surface area contributed by atoms with E-state index in [1.54, 1.807) is 31.2 Å². The van der Waals surface area contributed by atoms with Crippen LogP contribution in [-0.4, -0.2) is 18.4 Å². The van der Waals surface area contributed by atoms with Crippen LogP contribution in [0.25, 0.3) is 17.0 Å². The molecule has 0 amide bonds. The Morgan fingerprint density at radius 2 is 1.91 bits per heavy atom. The summed E-state index contributed by atoms with van der Waals surface area (Å²) in [5.74, 6) is 0.632. The van der Waals surface area contributed by atoms with Crippen LogP contribution < -0.4 is 14.2 Å². The highest BCUT2D eigenvalue weighted by Crippen LogP contribution is 2.38. The summed E-state index contributed by atoms with van der Waals surface area (Å²) in [7, 11) is 0. The van der Waals surface area contributed by atoms with Gasteiger partial charge >= 0.3 is 5.97 Å². The van der Waals surface area contributed by atoms with Crippen LogP contribution in [-0.2, 0) is 0 Å². The summed E-state index contributed by atoms with van der Waals surface area (Å²) in [6.45, 7) is 4.17. The van der Waals surface area contributed by atoms with Crippen molar-refractivity contribution in [1.29, 1.82) is 0 Å². The number of hydrogen-bond donors (Lipinski definition) is 0. The molecule has 6 nitrogen and oxygen atoms in total. The molecular weight excluding hydrogens is 500 g/mol. The standard InChI is InChI=1S/C27H19BrO6/c1-3-31-20-7-5-4-6-16(20)12-23-26(29)25-15(2)10-19(14-22(25)34-23)32-27(30)24-13-17-11-18(28)8-9-21(17)33-24/h4-14H,3H2,1-2H3/b23-12-. The molecular formula is C27H19BrO6. The summed E-state index contributed by atoms with van der Waals surface area (Å²) in [5, 5.41) is 0.780. The molecule has 4 aromatic rings. The maximum Gasteiger partial charge on any atom is 0.379 e. The van der Waals surface area contributed by atoms with E-state index in [2.05, 4.69) is 15.9 Å². The smallest absolute Gasteiger partial charge is 0.379 e. The number of carbonyl (C=O) groups is 2. The van der Waals surface area contributed by atoms with Gasteiger partial charge in [-0.1, -0.05) is 34.1 Å². The van der Waals surface area contributed by atoms with Gasteiger partial charge in [-0.25, -0.2) is 4.79 Å². The fraction of sp³-hybridized carbons (Fsp3) is 0.111. The zero-order valence-electron chi connectivity index (χ0n) is 18.4. The Kier molecular flexibility index (Phi) is 5.71. The molecule has 0 spiro atoms. The summed E-state index contributed by atoms with van der Waals surface area (Å²) in [6.07, 6.45) is 1.66. The Hall–Kier alpha value is -3.84. The van der Waals surface area contributed by atoms with Crippen molar-refractivity contribution in [2.75, 3.05) is 6.61 Å². The number of Topliss-reactive ketones (excluding diaryl/α,β-unsaturated/α-hetero) is 1. The lowest BCUT2D eigenvalue weighted by Gasteiger charge is -2.07. The molecule has 1 aliphatic rings. The highest BCUT2D eigenvalue weighted by Gasteiger charge is 2.31. The SMILES string of the molecule is CCOc1ccccc1/C=C1\Oc2cc(OC(=O)c3cc4cc(Br)ccc4o3)cc(C)c2C1=O. The van der Waals surface area contributed by atoms with Crippen LogP contribution in [0.4, 0.5) is 0 Å². The lowest BCUT2D eigenvalue weighted by Crippen LogP contribution is -2.07. The molecule has 0 aliphatic carbocycles.